The maximum absolute atomic E-state index is 13.2. The number of hydrogen-bond donors (Lipinski definition) is 2. The fourth-order valence-electron chi connectivity index (χ4n) is 4.76. The van der Waals surface area contributed by atoms with Gasteiger partial charge < -0.3 is 14.6 Å². The van der Waals surface area contributed by atoms with Crippen LogP contribution in [0.1, 0.15) is 41.3 Å². The number of rotatable bonds is 12. The number of nitrogens with zero attached hydrogens (tertiary/aromatic N) is 1. The first-order valence-corrected chi connectivity index (χ1v) is 15.1. The van der Waals surface area contributed by atoms with E-state index in [0.717, 1.165) is 33.2 Å². The van der Waals surface area contributed by atoms with Crippen molar-refractivity contribution in [3.8, 4) is 5.75 Å². The molecule has 0 saturated carbocycles. The number of hydrogen-bond acceptors (Lipinski definition) is 7. The highest BCUT2D eigenvalue weighted by atomic mass is 32.2. The minimum Gasteiger partial charge on any atom is -0.497 e. The second-order valence-electron chi connectivity index (χ2n) is 10.4. The molecule has 0 spiro atoms. The summed E-state index contributed by atoms with van der Waals surface area (Å²) in [5.74, 6) is 1.57. The molecular formula is C33H33N3O5S. The quantitative estimate of drug-likeness (QED) is 0.163. The lowest BCUT2D eigenvalue weighted by Gasteiger charge is -2.20. The summed E-state index contributed by atoms with van der Waals surface area (Å²) in [7, 11) is -2.18. The van der Waals surface area contributed by atoms with Crippen molar-refractivity contribution in [1.82, 2.24) is 5.16 Å². The zero-order valence-electron chi connectivity index (χ0n) is 23.8. The molecule has 0 saturated heterocycles. The van der Waals surface area contributed by atoms with Gasteiger partial charge in [-0.15, -0.1) is 0 Å². The SMILES string of the molecule is COc1ccc2cc(CCC(=O)CC(Nc3ccc(S(=O)(=O)Nc4cc(C)on4)cc3)c3ccc(C)cc3)ccc2c1. The Morgan fingerprint density at radius 1 is 0.905 bits per heavy atom. The van der Waals surface area contributed by atoms with Crippen molar-refractivity contribution in [1.29, 1.82) is 0 Å². The number of nitrogens with one attached hydrogen (secondary N) is 2. The molecular weight excluding hydrogens is 550 g/mol. The molecule has 1 atom stereocenters. The van der Waals surface area contributed by atoms with E-state index < -0.39 is 10.0 Å². The average molecular weight is 584 g/mol. The largest absolute Gasteiger partial charge is 0.497 e. The molecule has 5 aromatic rings. The molecule has 0 amide bonds. The lowest BCUT2D eigenvalue weighted by molar-refractivity contribution is -0.119. The molecule has 0 aliphatic carbocycles. The van der Waals surface area contributed by atoms with E-state index in [2.05, 4.69) is 33.4 Å². The van der Waals surface area contributed by atoms with Crippen LogP contribution in [0, 0.1) is 13.8 Å². The maximum Gasteiger partial charge on any atom is 0.263 e. The first-order chi connectivity index (χ1) is 20.2. The molecule has 1 aromatic heterocycles. The van der Waals surface area contributed by atoms with Crippen LogP contribution in [0.2, 0.25) is 0 Å². The average Bonchev–Trinajstić information content (AvgIpc) is 3.39. The van der Waals surface area contributed by atoms with E-state index in [1.807, 2.05) is 49.4 Å². The molecule has 0 aliphatic rings. The molecule has 0 radical (unpaired) electrons. The van der Waals surface area contributed by atoms with Gasteiger partial charge in [-0.2, -0.15) is 0 Å². The van der Waals surface area contributed by atoms with Crippen molar-refractivity contribution in [3.63, 3.8) is 0 Å². The topological polar surface area (TPSA) is 111 Å². The van der Waals surface area contributed by atoms with Crippen molar-refractivity contribution in [2.24, 2.45) is 0 Å². The summed E-state index contributed by atoms with van der Waals surface area (Å²) >= 11 is 0. The Bertz CT molecular complexity index is 1800. The van der Waals surface area contributed by atoms with Crippen LogP contribution in [-0.2, 0) is 21.2 Å². The van der Waals surface area contributed by atoms with E-state index in [0.29, 0.717) is 30.7 Å². The van der Waals surface area contributed by atoms with Crippen molar-refractivity contribution in [3.05, 3.63) is 113 Å². The number of aromatic nitrogens is 1. The monoisotopic (exact) mass is 583 g/mol. The predicted molar refractivity (Wildman–Crippen MR) is 164 cm³/mol. The van der Waals surface area contributed by atoms with E-state index in [4.69, 9.17) is 9.26 Å². The molecule has 42 heavy (non-hydrogen) atoms. The Morgan fingerprint density at radius 2 is 1.62 bits per heavy atom. The van der Waals surface area contributed by atoms with Crippen LogP contribution < -0.4 is 14.8 Å². The maximum atomic E-state index is 13.2. The van der Waals surface area contributed by atoms with Gasteiger partial charge in [-0.05, 0) is 78.6 Å². The number of carbonyl (C=O) groups is 1. The molecule has 2 N–H and O–H groups in total. The number of aryl methyl sites for hydroxylation is 3. The minimum atomic E-state index is -3.83. The van der Waals surface area contributed by atoms with Crippen LogP contribution >= 0.6 is 0 Å². The Labute approximate surface area is 245 Å². The van der Waals surface area contributed by atoms with Crippen LogP contribution in [-0.4, -0.2) is 26.5 Å². The van der Waals surface area contributed by atoms with Crippen molar-refractivity contribution >= 4 is 38.1 Å². The van der Waals surface area contributed by atoms with Gasteiger partial charge in [0.15, 0.2) is 5.82 Å². The molecule has 216 valence electrons. The first-order valence-electron chi connectivity index (χ1n) is 13.7. The van der Waals surface area contributed by atoms with Gasteiger partial charge in [-0.3, -0.25) is 9.52 Å². The third kappa shape index (κ3) is 7.16. The summed E-state index contributed by atoms with van der Waals surface area (Å²) in [5, 5.41) is 9.33. The molecule has 1 unspecified atom stereocenters. The highest BCUT2D eigenvalue weighted by Gasteiger charge is 2.19. The molecule has 0 fully saturated rings. The predicted octanol–water partition coefficient (Wildman–Crippen LogP) is 7.00. The summed E-state index contributed by atoms with van der Waals surface area (Å²) in [6, 6.07) is 27.9. The molecule has 0 aliphatic heterocycles. The van der Waals surface area contributed by atoms with Crippen molar-refractivity contribution in [2.45, 2.75) is 44.0 Å². The van der Waals surface area contributed by atoms with Gasteiger partial charge >= 0.3 is 0 Å². The Balaban J connectivity index is 1.26. The number of methoxy groups -OCH3 is 1. The summed E-state index contributed by atoms with van der Waals surface area (Å²) in [6.07, 6.45) is 1.35. The second kappa shape index (κ2) is 12.5. The highest BCUT2D eigenvalue weighted by Crippen LogP contribution is 2.27. The molecule has 1 heterocycles. The summed E-state index contributed by atoms with van der Waals surface area (Å²) in [4.78, 5) is 13.3. The number of carbonyl (C=O) groups excluding carboxylic acids is 1. The van der Waals surface area contributed by atoms with E-state index in [1.165, 1.54) is 18.2 Å². The Hall–Kier alpha value is -4.63. The number of anilines is 2. The van der Waals surface area contributed by atoms with Crippen LogP contribution in [0.3, 0.4) is 0 Å². The van der Waals surface area contributed by atoms with Gasteiger partial charge in [0, 0.05) is 24.6 Å². The first kappa shape index (κ1) is 28.9. The van der Waals surface area contributed by atoms with Gasteiger partial charge in [0.2, 0.25) is 0 Å². The minimum absolute atomic E-state index is 0.0884. The molecule has 0 bridgehead atoms. The Kier molecular flexibility index (Phi) is 8.59. The number of ketones is 1. The normalized spacial score (nSPS) is 12.2. The van der Waals surface area contributed by atoms with E-state index in [1.54, 1.807) is 26.2 Å². The van der Waals surface area contributed by atoms with Crippen LogP contribution in [0.5, 0.6) is 5.75 Å². The molecule has 9 heteroatoms. The Morgan fingerprint density at radius 3 is 2.31 bits per heavy atom. The van der Waals surface area contributed by atoms with Gasteiger partial charge in [0.25, 0.3) is 10.0 Å². The third-order valence-corrected chi connectivity index (χ3v) is 8.46. The fraction of sp³-hybridized carbons (Fsp3) is 0.212. The lowest BCUT2D eigenvalue weighted by atomic mass is 9.96. The zero-order valence-corrected chi connectivity index (χ0v) is 24.6. The molecule has 8 nitrogen and oxygen atoms in total. The lowest BCUT2D eigenvalue weighted by Crippen LogP contribution is -2.16. The van der Waals surface area contributed by atoms with Gasteiger partial charge in [0.1, 0.15) is 17.3 Å². The van der Waals surface area contributed by atoms with Gasteiger partial charge in [0.05, 0.1) is 18.0 Å². The number of fused-ring (bicyclic) bond motifs is 1. The highest BCUT2D eigenvalue weighted by molar-refractivity contribution is 7.92. The van der Waals surface area contributed by atoms with Crippen molar-refractivity contribution < 1.29 is 22.5 Å². The van der Waals surface area contributed by atoms with Gasteiger partial charge in [-0.25, -0.2) is 8.42 Å². The smallest absolute Gasteiger partial charge is 0.263 e. The fourth-order valence-corrected chi connectivity index (χ4v) is 5.75. The summed E-state index contributed by atoms with van der Waals surface area (Å²) in [6.45, 7) is 3.70. The van der Waals surface area contributed by atoms with E-state index in [-0.39, 0.29) is 22.5 Å². The number of Topliss-reactive ketones (excluding diaryl/α,β-unsaturated/α-hetero) is 1. The number of sulfonamides is 1. The second-order valence-corrected chi connectivity index (χ2v) is 12.0. The van der Waals surface area contributed by atoms with Gasteiger partial charge in [-0.1, -0.05) is 59.3 Å². The standard InChI is InChI=1S/C33H33N3O5S/c1-22-4-8-25(9-5-22)32(21-29(37)14-7-24-6-10-27-20-30(40-3)15-11-26(27)19-24)34-28-12-16-31(17-13-28)42(38,39)36-33-18-23(2)41-35-33/h4-6,8-13,15-20,32,34H,7,14,21H2,1-3H3,(H,35,36). The van der Waals surface area contributed by atoms with Crippen molar-refractivity contribution in [2.75, 3.05) is 17.1 Å². The number of benzene rings is 4. The third-order valence-electron chi connectivity index (χ3n) is 7.09. The van der Waals surface area contributed by atoms with E-state index >= 15 is 0 Å². The summed E-state index contributed by atoms with van der Waals surface area (Å²) in [5.41, 5.74) is 3.91. The van der Waals surface area contributed by atoms with Crippen LogP contribution in [0.25, 0.3) is 10.8 Å². The zero-order chi connectivity index (χ0) is 29.7. The summed E-state index contributed by atoms with van der Waals surface area (Å²) < 4.78 is 38.2. The van der Waals surface area contributed by atoms with E-state index in [9.17, 15) is 13.2 Å². The molecule has 5 rings (SSSR count). The van der Waals surface area contributed by atoms with Crippen LogP contribution in [0.4, 0.5) is 11.5 Å². The number of ether oxygens (including phenoxy) is 1. The van der Waals surface area contributed by atoms with Crippen LogP contribution in [0.15, 0.2) is 100 Å². The molecule has 4 aromatic carbocycles.